The second-order valence-corrected chi connectivity index (χ2v) is 8.86. The standard InChI is InChI=1S/C26H28N4O3/c1-3-4-13-27-24(31)15(2)28-25(32)21-14-19-16-9-7-8-12-20(16)29-22(19)23-17-10-5-6-11-18(17)26(33)30(21)23/h5-12,15,21,23,29H,3-4,13-14H2,1-2H3,(H,27,31)(H,28,32)/t15-,21-,23-/m0/s1. The molecule has 0 aliphatic carbocycles. The van der Waals surface area contributed by atoms with E-state index < -0.39 is 12.1 Å². The first-order chi connectivity index (χ1) is 16.0. The summed E-state index contributed by atoms with van der Waals surface area (Å²) in [4.78, 5) is 44.5. The van der Waals surface area contributed by atoms with Crippen LogP contribution in [0.4, 0.5) is 0 Å². The Morgan fingerprint density at radius 3 is 2.73 bits per heavy atom. The number of amides is 3. The van der Waals surface area contributed by atoms with E-state index in [2.05, 4.69) is 22.5 Å². The van der Waals surface area contributed by atoms with Crippen LogP contribution in [-0.2, 0) is 16.0 Å². The third-order valence-electron chi connectivity index (χ3n) is 6.74. The predicted molar refractivity (Wildman–Crippen MR) is 126 cm³/mol. The summed E-state index contributed by atoms with van der Waals surface area (Å²) in [6.07, 6.45) is 2.27. The van der Waals surface area contributed by atoms with Crippen molar-refractivity contribution < 1.29 is 14.4 Å². The first kappa shape index (κ1) is 21.2. The van der Waals surface area contributed by atoms with Gasteiger partial charge in [0.25, 0.3) is 5.91 Å². The highest BCUT2D eigenvalue weighted by atomic mass is 16.2. The Balaban J connectivity index is 1.50. The van der Waals surface area contributed by atoms with Crippen molar-refractivity contribution in [3.63, 3.8) is 0 Å². The predicted octanol–water partition coefficient (Wildman–Crippen LogP) is 3.06. The van der Waals surface area contributed by atoms with E-state index in [1.165, 1.54) is 0 Å². The molecular weight excluding hydrogens is 416 g/mol. The SMILES string of the molecule is CCCCNC(=O)[C@H](C)NC(=O)[C@@H]1Cc2c([nH]c3ccccc23)[C@@H]2c3ccccc3C(=O)N21. The normalized spacial score (nSPS) is 19.6. The molecule has 7 nitrogen and oxygen atoms in total. The van der Waals surface area contributed by atoms with Gasteiger partial charge < -0.3 is 20.5 Å². The first-order valence-corrected chi connectivity index (χ1v) is 11.6. The van der Waals surface area contributed by atoms with Gasteiger partial charge in [0, 0.05) is 35.1 Å². The molecule has 33 heavy (non-hydrogen) atoms. The number of aromatic amines is 1. The minimum atomic E-state index is -0.701. The number of nitrogens with one attached hydrogen (secondary N) is 3. The highest BCUT2D eigenvalue weighted by molar-refractivity contribution is 6.04. The lowest BCUT2D eigenvalue weighted by molar-refractivity contribution is -0.131. The molecule has 7 heteroatoms. The maximum atomic E-state index is 13.5. The number of fused-ring (bicyclic) bond motifs is 7. The molecule has 0 saturated carbocycles. The van der Waals surface area contributed by atoms with Gasteiger partial charge >= 0.3 is 0 Å². The first-order valence-electron chi connectivity index (χ1n) is 11.6. The maximum absolute atomic E-state index is 13.5. The average Bonchev–Trinajstić information content (AvgIpc) is 3.34. The number of unbranched alkanes of at least 4 members (excludes halogenated alkanes) is 1. The molecule has 3 atom stereocenters. The van der Waals surface area contributed by atoms with Crippen molar-refractivity contribution in [2.75, 3.05) is 6.54 Å². The van der Waals surface area contributed by atoms with E-state index >= 15 is 0 Å². The zero-order chi connectivity index (χ0) is 23.1. The van der Waals surface area contributed by atoms with E-state index in [-0.39, 0.29) is 23.8 Å². The zero-order valence-corrected chi connectivity index (χ0v) is 18.9. The van der Waals surface area contributed by atoms with Gasteiger partial charge in [-0.1, -0.05) is 49.7 Å². The van der Waals surface area contributed by atoms with Gasteiger partial charge in [0.1, 0.15) is 12.1 Å². The van der Waals surface area contributed by atoms with E-state index in [1.54, 1.807) is 11.8 Å². The van der Waals surface area contributed by atoms with Crippen LogP contribution in [0.1, 0.15) is 59.9 Å². The van der Waals surface area contributed by atoms with Gasteiger partial charge in [0.15, 0.2) is 0 Å². The summed E-state index contributed by atoms with van der Waals surface area (Å²) in [5.74, 6) is -0.677. The van der Waals surface area contributed by atoms with Crippen LogP contribution in [0.2, 0.25) is 0 Å². The second kappa shape index (κ2) is 8.39. The number of H-pyrrole nitrogens is 1. The van der Waals surface area contributed by atoms with Crippen molar-refractivity contribution in [2.24, 2.45) is 0 Å². The quantitative estimate of drug-likeness (QED) is 0.510. The highest BCUT2D eigenvalue weighted by Gasteiger charge is 2.49. The Bertz CT molecular complexity index is 1250. The fourth-order valence-electron chi connectivity index (χ4n) is 5.05. The number of carbonyl (C=O) groups excluding carboxylic acids is 3. The molecule has 2 aliphatic heterocycles. The van der Waals surface area contributed by atoms with Gasteiger partial charge in [-0.15, -0.1) is 0 Å². The van der Waals surface area contributed by atoms with Crippen LogP contribution in [0, 0.1) is 0 Å². The van der Waals surface area contributed by atoms with Crippen molar-refractivity contribution in [1.82, 2.24) is 20.5 Å². The van der Waals surface area contributed by atoms with Crippen molar-refractivity contribution in [2.45, 2.75) is 51.2 Å². The molecule has 2 aromatic carbocycles. The Labute approximate surface area is 192 Å². The van der Waals surface area contributed by atoms with Crippen LogP contribution in [0.15, 0.2) is 48.5 Å². The Kier molecular flexibility index (Phi) is 5.40. The highest BCUT2D eigenvalue weighted by Crippen LogP contribution is 2.46. The van der Waals surface area contributed by atoms with Gasteiger partial charge in [-0.2, -0.15) is 0 Å². The fourth-order valence-corrected chi connectivity index (χ4v) is 5.05. The summed E-state index contributed by atoms with van der Waals surface area (Å²) >= 11 is 0. The molecule has 3 aromatic rings. The molecule has 2 aliphatic rings. The van der Waals surface area contributed by atoms with Crippen LogP contribution < -0.4 is 10.6 Å². The number of aromatic nitrogens is 1. The average molecular weight is 445 g/mol. The molecule has 0 saturated heterocycles. The fraction of sp³-hybridized carbons (Fsp3) is 0.346. The number of carbonyl (C=O) groups is 3. The molecule has 170 valence electrons. The van der Waals surface area contributed by atoms with E-state index in [4.69, 9.17) is 0 Å². The van der Waals surface area contributed by atoms with Crippen LogP contribution >= 0.6 is 0 Å². The van der Waals surface area contributed by atoms with E-state index in [0.29, 0.717) is 18.5 Å². The van der Waals surface area contributed by atoms with E-state index in [9.17, 15) is 14.4 Å². The van der Waals surface area contributed by atoms with E-state index in [0.717, 1.165) is 40.6 Å². The maximum Gasteiger partial charge on any atom is 0.255 e. The molecule has 0 radical (unpaired) electrons. The third kappa shape index (κ3) is 3.48. The largest absolute Gasteiger partial charge is 0.356 e. The van der Waals surface area contributed by atoms with Gasteiger partial charge in [0.2, 0.25) is 11.8 Å². The molecule has 3 amide bonds. The summed E-state index contributed by atoms with van der Waals surface area (Å²) in [7, 11) is 0. The van der Waals surface area contributed by atoms with Gasteiger partial charge in [-0.05, 0) is 36.6 Å². The number of hydrogen-bond acceptors (Lipinski definition) is 3. The molecule has 0 spiro atoms. The summed E-state index contributed by atoms with van der Waals surface area (Å²) in [6, 6.07) is 13.8. The molecule has 1 aromatic heterocycles. The molecule has 0 unspecified atom stereocenters. The van der Waals surface area contributed by atoms with Gasteiger partial charge in [-0.25, -0.2) is 0 Å². The van der Waals surface area contributed by atoms with Crippen molar-refractivity contribution in [1.29, 1.82) is 0 Å². The summed E-state index contributed by atoms with van der Waals surface area (Å²) in [6.45, 7) is 4.32. The Hall–Kier alpha value is -3.61. The van der Waals surface area contributed by atoms with Gasteiger partial charge in [-0.3, -0.25) is 14.4 Å². The minimum absolute atomic E-state index is 0.153. The van der Waals surface area contributed by atoms with E-state index in [1.807, 2.05) is 48.5 Å². The number of para-hydroxylation sites is 1. The lowest BCUT2D eigenvalue weighted by Crippen LogP contribution is -2.56. The molecule has 5 rings (SSSR count). The summed E-state index contributed by atoms with van der Waals surface area (Å²) in [5, 5.41) is 6.77. The van der Waals surface area contributed by atoms with Crippen molar-refractivity contribution in [3.05, 3.63) is 70.9 Å². The Morgan fingerprint density at radius 1 is 1.15 bits per heavy atom. The molecule has 3 N–H and O–H groups in total. The van der Waals surface area contributed by atoms with Crippen LogP contribution in [0.25, 0.3) is 10.9 Å². The lowest BCUT2D eigenvalue weighted by Gasteiger charge is -2.37. The number of nitrogens with zero attached hydrogens (tertiary/aromatic N) is 1. The zero-order valence-electron chi connectivity index (χ0n) is 18.9. The van der Waals surface area contributed by atoms with Crippen LogP contribution in [0.5, 0.6) is 0 Å². The van der Waals surface area contributed by atoms with Crippen LogP contribution in [-0.4, -0.2) is 46.2 Å². The second-order valence-electron chi connectivity index (χ2n) is 8.86. The van der Waals surface area contributed by atoms with Crippen LogP contribution in [0.3, 0.4) is 0 Å². The number of hydrogen-bond donors (Lipinski definition) is 3. The molecular formula is C26H28N4O3. The van der Waals surface area contributed by atoms with Crippen molar-refractivity contribution in [3.8, 4) is 0 Å². The minimum Gasteiger partial charge on any atom is -0.356 e. The number of benzene rings is 2. The van der Waals surface area contributed by atoms with Gasteiger partial charge in [0.05, 0.1) is 6.04 Å². The molecule has 3 heterocycles. The third-order valence-corrected chi connectivity index (χ3v) is 6.74. The topological polar surface area (TPSA) is 94.3 Å². The molecule has 0 bridgehead atoms. The van der Waals surface area contributed by atoms with Crippen molar-refractivity contribution >= 4 is 28.6 Å². The Morgan fingerprint density at radius 2 is 1.91 bits per heavy atom. The summed E-state index contributed by atoms with van der Waals surface area (Å²) < 4.78 is 0. The molecule has 0 fully saturated rings. The monoisotopic (exact) mass is 444 g/mol. The lowest BCUT2D eigenvalue weighted by atomic mass is 9.90. The smallest absolute Gasteiger partial charge is 0.255 e. The summed E-state index contributed by atoms with van der Waals surface area (Å²) in [5.41, 5.74) is 4.53. The number of rotatable bonds is 6.